The lowest BCUT2D eigenvalue weighted by Gasteiger charge is -2.24. The van der Waals surface area contributed by atoms with E-state index in [0.29, 0.717) is 13.1 Å². The van der Waals surface area contributed by atoms with Crippen molar-refractivity contribution in [3.63, 3.8) is 0 Å². The molecule has 4 rings (SSSR count). The van der Waals surface area contributed by atoms with Gasteiger partial charge in [-0.25, -0.2) is 17.7 Å². The average Bonchev–Trinajstić information content (AvgIpc) is 3.24. The van der Waals surface area contributed by atoms with Crippen LogP contribution in [-0.4, -0.2) is 60.7 Å². The molecule has 0 radical (unpaired) electrons. The molecule has 0 spiro atoms. The van der Waals surface area contributed by atoms with Gasteiger partial charge in [0, 0.05) is 32.1 Å². The number of sulfonamides is 1. The maximum absolute atomic E-state index is 12.2. The number of fused-ring (bicyclic) bond motifs is 2. The van der Waals surface area contributed by atoms with Gasteiger partial charge in [-0.2, -0.15) is 0 Å². The maximum Gasteiger partial charge on any atom is 0.313 e. The highest BCUT2D eigenvalue weighted by molar-refractivity contribution is 7.89. The third-order valence-electron chi connectivity index (χ3n) is 5.32. The molecule has 0 bridgehead atoms. The van der Waals surface area contributed by atoms with Gasteiger partial charge in [0.05, 0.1) is 16.0 Å². The Hall–Kier alpha value is -1.71. The largest absolute Gasteiger partial charge is 0.481 e. The number of anilines is 1. The van der Waals surface area contributed by atoms with Crippen LogP contribution in [0.2, 0.25) is 0 Å². The van der Waals surface area contributed by atoms with Crippen molar-refractivity contribution in [1.29, 1.82) is 0 Å². The highest BCUT2D eigenvalue weighted by atomic mass is 32.2. The van der Waals surface area contributed by atoms with Gasteiger partial charge in [-0.05, 0) is 19.1 Å². The summed E-state index contributed by atoms with van der Waals surface area (Å²) in [7, 11) is -3.38. The second-order valence-corrected chi connectivity index (χ2v) is 9.96. The lowest BCUT2D eigenvalue weighted by atomic mass is 9.81. The van der Waals surface area contributed by atoms with Gasteiger partial charge in [-0.1, -0.05) is 23.5 Å². The van der Waals surface area contributed by atoms with Crippen LogP contribution in [0.5, 0.6) is 0 Å². The van der Waals surface area contributed by atoms with E-state index in [1.54, 1.807) is 18.3 Å². The summed E-state index contributed by atoms with van der Waals surface area (Å²) in [4.78, 5) is 18.7. The molecule has 25 heavy (non-hydrogen) atoms. The summed E-state index contributed by atoms with van der Waals surface area (Å²) in [5, 5.41) is 10.7. The molecule has 2 atom stereocenters. The number of thiazole rings is 1. The molecule has 0 amide bonds. The van der Waals surface area contributed by atoms with Crippen LogP contribution >= 0.6 is 11.3 Å². The summed E-state index contributed by atoms with van der Waals surface area (Å²) >= 11 is 1.54. The molecule has 1 aromatic carbocycles. The first-order valence-corrected chi connectivity index (χ1v) is 10.6. The van der Waals surface area contributed by atoms with Gasteiger partial charge < -0.3 is 10.0 Å². The first kappa shape index (κ1) is 16.7. The fourth-order valence-corrected chi connectivity index (χ4v) is 6.03. The van der Waals surface area contributed by atoms with Crippen LogP contribution in [0.3, 0.4) is 0 Å². The van der Waals surface area contributed by atoms with Crippen LogP contribution in [-0.2, 0) is 14.8 Å². The van der Waals surface area contributed by atoms with Gasteiger partial charge in [0.2, 0.25) is 10.0 Å². The molecule has 2 aliphatic heterocycles. The van der Waals surface area contributed by atoms with Crippen molar-refractivity contribution in [2.75, 3.05) is 36.8 Å². The fourth-order valence-electron chi connectivity index (χ4n) is 3.86. The summed E-state index contributed by atoms with van der Waals surface area (Å²) in [6.07, 6.45) is 0. The third-order valence-corrected chi connectivity index (χ3v) is 8.21. The highest BCUT2D eigenvalue weighted by Gasteiger charge is 2.59. The monoisotopic (exact) mass is 381 g/mol. The molecule has 0 saturated carbocycles. The second-order valence-electron chi connectivity index (χ2n) is 6.70. The Morgan fingerprint density at radius 1 is 1.36 bits per heavy atom. The van der Waals surface area contributed by atoms with Crippen molar-refractivity contribution >= 4 is 42.7 Å². The lowest BCUT2D eigenvalue weighted by Crippen LogP contribution is -2.42. The summed E-state index contributed by atoms with van der Waals surface area (Å²) in [5.74, 6) is -1.15. The number of nitrogens with zero attached hydrogens (tertiary/aromatic N) is 3. The van der Waals surface area contributed by atoms with Crippen LogP contribution in [0.1, 0.15) is 6.92 Å². The number of rotatable bonds is 4. The molecule has 134 valence electrons. The van der Waals surface area contributed by atoms with E-state index < -0.39 is 21.4 Å². The van der Waals surface area contributed by atoms with Crippen LogP contribution in [0.15, 0.2) is 24.3 Å². The number of hydrogen-bond acceptors (Lipinski definition) is 6. The Kier molecular flexibility index (Phi) is 3.78. The number of carboxylic acid groups (broad SMARTS) is 1. The predicted molar refractivity (Wildman–Crippen MR) is 96.4 cm³/mol. The number of hydrogen-bond donors (Lipinski definition) is 1. The average molecular weight is 381 g/mol. The Morgan fingerprint density at radius 2 is 2.12 bits per heavy atom. The van der Waals surface area contributed by atoms with Gasteiger partial charge in [0.25, 0.3) is 0 Å². The van der Waals surface area contributed by atoms with Crippen molar-refractivity contribution in [1.82, 2.24) is 9.29 Å². The zero-order chi connectivity index (χ0) is 17.8. The molecule has 2 unspecified atom stereocenters. The molecule has 2 saturated heterocycles. The second kappa shape index (κ2) is 5.65. The van der Waals surface area contributed by atoms with E-state index in [1.807, 2.05) is 29.2 Å². The molecule has 2 fully saturated rings. The van der Waals surface area contributed by atoms with Gasteiger partial charge in [0.1, 0.15) is 5.41 Å². The normalized spacial score (nSPS) is 27.1. The number of aromatic nitrogens is 1. The first-order chi connectivity index (χ1) is 11.9. The van der Waals surface area contributed by atoms with Crippen molar-refractivity contribution < 1.29 is 18.3 Å². The van der Waals surface area contributed by atoms with Crippen LogP contribution in [0.25, 0.3) is 10.2 Å². The zero-order valence-electron chi connectivity index (χ0n) is 13.8. The summed E-state index contributed by atoms with van der Waals surface area (Å²) < 4.78 is 26.8. The lowest BCUT2D eigenvalue weighted by molar-refractivity contribution is -0.148. The third kappa shape index (κ3) is 2.52. The van der Waals surface area contributed by atoms with Crippen molar-refractivity contribution in [2.24, 2.45) is 11.3 Å². The smallest absolute Gasteiger partial charge is 0.313 e. The van der Waals surface area contributed by atoms with Crippen LogP contribution in [0.4, 0.5) is 5.13 Å². The summed E-state index contributed by atoms with van der Waals surface area (Å²) in [6.45, 7) is 2.71. The molecular formula is C16H19N3O4S2. The number of carbonyl (C=O) groups is 1. The van der Waals surface area contributed by atoms with Gasteiger partial charge >= 0.3 is 5.97 Å². The Labute approximate surface area is 149 Å². The molecule has 2 aromatic rings. The number of para-hydroxylation sites is 1. The maximum atomic E-state index is 12.2. The molecular weight excluding hydrogens is 362 g/mol. The summed E-state index contributed by atoms with van der Waals surface area (Å²) in [6, 6.07) is 7.82. The van der Waals surface area contributed by atoms with E-state index in [9.17, 15) is 18.3 Å². The first-order valence-electron chi connectivity index (χ1n) is 8.17. The van der Waals surface area contributed by atoms with Crippen LogP contribution in [0, 0.1) is 11.3 Å². The molecule has 1 N–H and O–H groups in total. The SMILES string of the molecule is CCS(=O)(=O)N1CC2CN(c3nc4ccccc4s3)CC2(C(=O)O)C1. The van der Waals surface area contributed by atoms with Gasteiger partial charge in [-0.3, -0.25) is 4.79 Å². The van der Waals surface area contributed by atoms with Crippen molar-refractivity contribution in [3.05, 3.63) is 24.3 Å². The van der Waals surface area contributed by atoms with Crippen molar-refractivity contribution in [2.45, 2.75) is 6.92 Å². The Morgan fingerprint density at radius 3 is 2.76 bits per heavy atom. The van der Waals surface area contributed by atoms with E-state index in [1.165, 1.54) is 4.31 Å². The quantitative estimate of drug-likeness (QED) is 0.862. The molecule has 1 aromatic heterocycles. The molecule has 3 heterocycles. The van der Waals surface area contributed by atoms with E-state index in [-0.39, 0.29) is 24.8 Å². The number of benzene rings is 1. The minimum atomic E-state index is -3.38. The van der Waals surface area contributed by atoms with Gasteiger partial charge in [-0.15, -0.1) is 0 Å². The number of carboxylic acids is 1. The summed E-state index contributed by atoms with van der Waals surface area (Å²) in [5.41, 5.74) is -0.153. The van der Waals surface area contributed by atoms with E-state index >= 15 is 0 Å². The van der Waals surface area contributed by atoms with E-state index in [0.717, 1.165) is 15.3 Å². The highest BCUT2D eigenvalue weighted by Crippen LogP contribution is 2.46. The zero-order valence-corrected chi connectivity index (χ0v) is 15.4. The minimum absolute atomic E-state index is 0.00297. The Bertz CT molecular complexity index is 909. The van der Waals surface area contributed by atoms with Crippen molar-refractivity contribution in [3.8, 4) is 0 Å². The molecule has 9 heteroatoms. The number of aliphatic carboxylic acids is 1. The minimum Gasteiger partial charge on any atom is -0.481 e. The standard InChI is InChI=1S/C16H19N3O4S2/c1-2-25(22,23)19-8-11-7-18(9-16(11,10-19)14(20)21)15-17-12-5-3-4-6-13(12)24-15/h3-6,11H,2,7-10H2,1H3,(H,20,21). The van der Waals surface area contributed by atoms with Gasteiger partial charge in [0.15, 0.2) is 5.13 Å². The predicted octanol–water partition coefficient (Wildman–Crippen LogP) is 1.47. The molecule has 0 aliphatic carbocycles. The molecule has 2 aliphatic rings. The fraction of sp³-hybridized carbons (Fsp3) is 0.500. The molecule has 7 nitrogen and oxygen atoms in total. The van der Waals surface area contributed by atoms with Crippen LogP contribution < -0.4 is 4.90 Å². The van der Waals surface area contributed by atoms with E-state index in [2.05, 4.69) is 4.98 Å². The topological polar surface area (TPSA) is 90.8 Å². The Balaban J connectivity index is 1.64. The van der Waals surface area contributed by atoms with E-state index in [4.69, 9.17) is 0 Å².